The van der Waals surface area contributed by atoms with Crippen molar-refractivity contribution >= 4 is 0 Å². The lowest BCUT2D eigenvalue weighted by Crippen LogP contribution is -2.25. The lowest BCUT2D eigenvalue weighted by Gasteiger charge is -2.37. The Labute approximate surface area is 183 Å². The fourth-order valence-electron chi connectivity index (χ4n) is 6.78. The predicted molar refractivity (Wildman–Crippen MR) is 128 cm³/mol. The molecule has 3 aliphatic carbocycles. The van der Waals surface area contributed by atoms with E-state index in [4.69, 9.17) is 0 Å². The zero-order valence-electron chi connectivity index (χ0n) is 19.9. The quantitative estimate of drug-likeness (QED) is 0.282. The molecule has 3 aliphatic rings. The van der Waals surface area contributed by atoms with E-state index in [1.54, 1.807) is 12.8 Å². The first-order valence-corrected chi connectivity index (χ1v) is 13.8. The first kappa shape index (κ1) is 23.2. The highest BCUT2D eigenvalue weighted by Gasteiger charge is 2.30. The first-order valence-electron chi connectivity index (χ1n) is 13.8. The summed E-state index contributed by atoms with van der Waals surface area (Å²) in [6.07, 6.45) is 27.7. The standard InChI is InChI=1S/C29H50/c1-3-5-6-7-9-25-16-20-28(21-17-25)29-22-18-27(19-23-29)15-14-26-12-10-24(8-4-2)11-13-26/h24-29H,3-13,16-23H2,1-2H3. The van der Waals surface area contributed by atoms with E-state index in [2.05, 4.69) is 25.7 Å². The van der Waals surface area contributed by atoms with Crippen molar-refractivity contribution in [2.75, 3.05) is 0 Å². The molecule has 29 heavy (non-hydrogen) atoms. The Morgan fingerprint density at radius 1 is 0.483 bits per heavy atom. The Hall–Kier alpha value is -0.440. The van der Waals surface area contributed by atoms with Gasteiger partial charge in [0.1, 0.15) is 0 Å². The van der Waals surface area contributed by atoms with Crippen molar-refractivity contribution in [2.45, 2.75) is 136 Å². The molecular formula is C29H50. The largest absolute Gasteiger partial charge is 0.0996 e. The van der Waals surface area contributed by atoms with Crippen molar-refractivity contribution in [2.24, 2.45) is 35.5 Å². The van der Waals surface area contributed by atoms with Gasteiger partial charge in [-0.2, -0.15) is 0 Å². The fourth-order valence-corrected chi connectivity index (χ4v) is 6.78. The molecule has 0 nitrogen and oxygen atoms in total. The van der Waals surface area contributed by atoms with Gasteiger partial charge < -0.3 is 0 Å². The van der Waals surface area contributed by atoms with Crippen LogP contribution in [0.15, 0.2) is 0 Å². The van der Waals surface area contributed by atoms with E-state index >= 15 is 0 Å². The van der Waals surface area contributed by atoms with E-state index in [1.807, 2.05) is 0 Å². The summed E-state index contributed by atoms with van der Waals surface area (Å²) in [5.74, 6) is 13.1. The highest BCUT2D eigenvalue weighted by atomic mass is 14.4. The van der Waals surface area contributed by atoms with Gasteiger partial charge in [0.05, 0.1) is 0 Å². The van der Waals surface area contributed by atoms with E-state index in [9.17, 15) is 0 Å². The minimum Gasteiger partial charge on any atom is -0.0996 e. The molecule has 0 aromatic heterocycles. The summed E-state index contributed by atoms with van der Waals surface area (Å²) in [4.78, 5) is 0. The van der Waals surface area contributed by atoms with Crippen LogP contribution < -0.4 is 0 Å². The summed E-state index contributed by atoms with van der Waals surface area (Å²) in [6.45, 7) is 4.66. The van der Waals surface area contributed by atoms with Gasteiger partial charge in [-0.1, -0.05) is 83.5 Å². The monoisotopic (exact) mass is 398 g/mol. The van der Waals surface area contributed by atoms with Crippen LogP contribution in [0.3, 0.4) is 0 Å². The predicted octanol–water partition coefficient (Wildman–Crippen LogP) is 9.18. The van der Waals surface area contributed by atoms with Gasteiger partial charge in [0.15, 0.2) is 0 Å². The topological polar surface area (TPSA) is 0 Å². The van der Waals surface area contributed by atoms with Crippen molar-refractivity contribution in [1.82, 2.24) is 0 Å². The Bertz CT molecular complexity index is 470. The molecule has 0 spiro atoms. The maximum atomic E-state index is 3.75. The molecule has 3 saturated carbocycles. The second-order valence-corrected chi connectivity index (χ2v) is 11.0. The van der Waals surface area contributed by atoms with Crippen LogP contribution in [0.5, 0.6) is 0 Å². The Balaban J connectivity index is 1.29. The van der Waals surface area contributed by atoms with Crippen molar-refractivity contribution in [3.8, 4) is 11.8 Å². The molecule has 3 rings (SSSR count). The molecule has 0 aromatic carbocycles. The van der Waals surface area contributed by atoms with Crippen LogP contribution in [-0.2, 0) is 0 Å². The molecule has 0 aliphatic heterocycles. The Morgan fingerprint density at radius 2 is 0.966 bits per heavy atom. The summed E-state index contributed by atoms with van der Waals surface area (Å²) < 4.78 is 0. The van der Waals surface area contributed by atoms with Gasteiger partial charge >= 0.3 is 0 Å². The van der Waals surface area contributed by atoms with Crippen molar-refractivity contribution in [1.29, 1.82) is 0 Å². The third-order valence-electron chi connectivity index (χ3n) is 8.83. The van der Waals surface area contributed by atoms with Gasteiger partial charge in [0.2, 0.25) is 0 Å². The molecule has 0 heterocycles. The van der Waals surface area contributed by atoms with Crippen LogP contribution in [0.4, 0.5) is 0 Å². The van der Waals surface area contributed by atoms with E-state index in [0.29, 0.717) is 0 Å². The Kier molecular flexibility index (Phi) is 10.5. The molecular weight excluding hydrogens is 348 g/mol. The lowest BCUT2D eigenvalue weighted by atomic mass is 9.68. The zero-order chi connectivity index (χ0) is 20.3. The average molecular weight is 399 g/mol. The van der Waals surface area contributed by atoms with Gasteiger partial charge in [0, 0.05) is 11.8 Å². The molecule has 166 valence electrons. The van der Waals surface area contributed by atoms with Crippen LogP contribution in [0.1, 0.15) is 136 Å². The van der Waals surface area contributed by atoms with Gasteiger partial charge in [-0.3, -0.25) is 0 Å². The summed E-state index contributed by atoms with van der Waals surface area (Å²) in [7, 11) is 0. The fraction of sp³-hybridized carbons (Fsp3) is 0.931. The highest BCUT2D eigenvalue weighted by Crippen LogP contribution is 2.42. The van der Waals surface area contributed by atoms with Crippen LogP contribution >= 0.6 is 0 Å². The maximum Gasteiger partial charge on any atom is 0.0203 e. The van der Waals surface area contributed by atoms with Crippen LogP contribution in [0.2, 0.25) is 0 Å². The van der Waals surface area contributed by atoms with Gasteiger partial charge in [-0.05, 0) is 87.9 Å². The third-order valence-corrected chi connectivity index (χ3v) is 8.83. The number of unbranched alkanes of at least 4 members (excludes halogenated alkanes) is 3. The molecule has 0 N–H and O–H groups in total. The minimum absolute atomic E-state index is 0.730. The van der Waals surface area contributed by atoms with Crippen molar-refractivity contribution < 1.29 is 0 Å². The first-order chi connectivity index (χ1) is 14.3. The molecule has 0 atom stereocenters. The van der Waals surface area contributed by atoms with E-state index in [0.717, 1.165) is 35.5 Å². The molecule has 0 heteroatoms. The maximum absolute atomic E-state index is 3.75. The van der Waals surface area contributed by atoms with E-state index in [1.165, 1.54) is 109 Å². The summed E-state index contributed by atoms with van der Waals surface area (Å²) >= 11 is 0. The second kappa shape index (κ2) is 13.1. The number of hydrogen-bond acceptors (Lipinski definition) is 0. The number of hydrogen-bond donors (Lipinski definition) is 0. The molecule has 0 amide bonds. The molecule has 0 aromatic rings. The zero-order valence-corrected chi connectivity index (χ0v) is 19.9. The SMILES string of the molecule is CCCCCCC1CCC(C2CCC(C#CC3CCC(CCC)CC3)CC2)CC1. The van der Waals surface area contributed by atoms with E-state index < -0.39 is 0 Å². The normalized spacial score (nSPS) is 35.7. The summed E-state index contributed by atoms with van der Waals surface area (Å²) in [6, 6.07) is 0. The minimum atomic E-state index is 0.730. The smallest absolute Gasteiger partial charge is 0.0203 e. The average Bonchev–Trinajstić information content (AvgIpc) is 2.77. The Morgan fingerprint density at radius 3 is 1.52 bits per heavy atom. The van der Waals surface area contributed by atoms with Gasteiger partial charge in [-0.25, -0.2) is 0 Å². The van der Waals surface area contributed by atoms with Crippen LogP contribution in [0, 0.1) is 47.3 Å². The highest BCUT2D eigenvalue weighted by molar-refractivity contribution is 5.09. The van der Waals surface area contributed by atoms with Crippen molar-refractivity contribution in [3.05, 3.63) is 0 Å². The van der Waals surface area contributed by atoms with Gasteiger partial charge in [-0.15, -0.1) is 0 Å². The third kappa shape index (κ3) is 7.96. The second-order valence-electron chi connectivity index (χ2n) is 11.0. The molecule has 0 bridgehead atoms. The lowest BCUT2D eigenvalue weighted by molar-refractivity contribution is 0.153. The van der Waals surface area contributed by atoms with Crippen LogP contribution in [-0.4, -0.2) is 0 Å². The van der Waals surface area contributed by atoms with Crippen molar-refractivity contribution in [3.63, 3.8) is 0 Å². The molecule has 0 radical (unpaired) electrons. The van der Waals surface area contributed by atoms with Crippen LogP contribution in [0.25, 0.3) is 0 Å². The molecule has 0 unspecified atom stereocenters. The summed E-state index contributed by atoms with van der Waals surface area (Å²) in [5.41, 5.74) is 0. The number of rotatable bonds is 8. The van der Waals surface area contributed by atoms with E-state index in [-0.39, 0.29) is 0 Å². The molecule has 0 saturated heterocycles. The summed E-state index contributed by atoms with van der Waals surface area (Å²) in [5, 5.41) is 0. The van der Waals surface area contributed by atoms with Gasteiger partial charge in [0.25, 0.3) is 0 Å². The molecule has 3 fully saturated rings.